The minimum absolute atomic E-state index is 0.146. The van der Waals surface area contributed by atoms with E-state index in [4.69, 9.17) is 11.6 Å². The fourth-order valence-corrected chi connectivity index (χ4v) is 4.25. The molecular weight excluding hydrogens is 430 g/mol. The highest BCUT2D eigenvalue weighted by molar-refractivity contribution is 6.30. The van der Waals surface area contributed by atoms with E-state index in [1.54, 1.807) is 6.21 Å². The first kappa shape index (κ1) is 21.0. The lowest BCUT2D eigenvalue weighted by Gasteiger charge is -2.05. The number of halogens is 1. The van der Waals surface area contributed by atoms with Gasteiger partial charge >= 0.3 is 0 Å². The normalized spacial score (nSPS) is 11.4. The summed E-state index contributed by atoms with van der Waals surface area (Å²) in [5.74, 6) is -0.146. The number of carbonyl (C=O) groups excluding carboxylic acids is 1. The molecule has 4 nitrogen and oxygen atoms in total. The number of hydrazone groups is 1. The summed E-state index contributed by atoms with van der Waals surface area (Å²) < 4.78 is 2.18. The van der Waals surface area contributed by atoms with E-state index >= 15 is 0 Å². The van der Waals surface area contributed by atoms with Crippen LogP contribution < -0.4 is 5.43 Å². The molecule has 5 heteroatoms. The third-order valence-electron chi connectivity index (χ3n) is 5.71. The maximum Gasteiger partial charge on any atom is 0.244 e. The molecule has 5 rings (SSSR count). The number of hydrogen-bond donors (Lipinski definition) is 1. The van der Waals surface area contributed by atoms with Crippen molar-refractivity contribution in [1.82, 2.24) is 9.99 Å². The van der Waals surface area contributed by atoms with E-state index in [0.717, 1.165) is 49.9 Å². The van der Waals surface area contributed by atoms with Crippen LogP contribution in [0, 0.1) is 0 Å². The average molecular weight is 452 g/mol. The number of nitrogens with one attached hydrogen (secondary N) is 1. The van der Waals surface area contributed by atoms with Crippen molar-refractivity contribution in [3.05, 3.63) is 119 Å². The van der Waals surface area contributed by atoms with Gasteiger partial charge in [-0.1, -0.05) is 84.4 Å². The summed E-state index contributed by atoms with van der Waals surface area (Å²) in [6.07, 6.45) is 4.04. The number of hydrogen-bond acceptors (Lipinski definition) is 2. The Bertz CT molecular complexity index is 1460. The van der Waals surface area contributed by atoms with Crippen LogP contribution in [0.2, 0.25) is 5.02 Å². The number of rotatable bonds is 6. The third-order valence-corrected chi connectivity index (χ3v) is 5.96. The Hall–Kier alpha value is -3.89. The molecule has 0 aliphatic carbocycles. The van der Waals surface area contributed by atoms with Gasteiger partial charge in [-0.3, -0.25) is 4.79 Å². The summed E-state index contributed by atoms with van der Waals surface area (Å²) in [6.45, 7) is 0.721. The second kappa shape index (κ2) is 9.31. The average Bonchev–Trinajstić information content (AvgIpc) is 3.18. The largest absolute Gasteiger partial charge is 0.342 e. The van der Waals surface area contributed by atoms with Gasteiger partial charge < -0.3 is 4.57 Å². The second-order valence-electron chi connectivity index (χ2n) is 7.96. The molecule has 0 atom stereocenters. The molecule has 162 valence electrons. The highest BCUT2D eigenvalue weighted by atomic mass is 35.5. The van der Waals surface area contributed by atoms with Crippen molar-refractivity contribution in [2.75, 3.05) is 0 Å². The van der Waals surface area contributed by atoms with Crippen LogP contribution >= 0.6 is 11.6 Å². The predicted molar refractivity (Wildman–Crippen MR) is 136 cm³/mol. The minimum atomic E-state index is -0.146. The molecule has 1 N–H and O–H groups in total. The Morgan fingerprint density at radius 2 is 1.61 bits per heavy atom. The van der Waals surface area contributed by atoms with Crippen molar-refractivity contribution in [2.45, 2.75) is 13.0 Å². The van der Waals surface area contributed by atoms with Crippen LogP contribution in [-0.4, -0.2) is 16.7 Å². The first-order valence-corrected chi connectivity index (χ1v) is 11.2. The van der Waals surface area contributed by atoms with Crippen LogP contribution in [0.4, 0.5) is 0 Å². The fourth-order valence-electron chi connectivity index (χ4n) is 4.13. The monoisotopic (exact) mass is 451 g/mol. The highest BCUT2D eigenvalue weighted by Gasteiger charge is 2.09. The van der Waals surface area contributed by atoms with Crippen LogP contribution in [0.5, 0.6) is 0 Å². The van der Waals surface area contributed by atoms with Crippen molar-refractivity contribution >= 4 is 45.4 Å². The molecule has 1 amide bonds. The standard InChI is InChI=1S/C28H22ClN3O/c29-24-14-12-20(13-15-24)18-32-19-23(26-10-3-4-11-27(26)32)17-30-31-28(33)16-22-8-5-7-21-6-1-2-9-25(21)22/h1-15,17,19H,16,18H2,(H,31,33). The van der Waals surface area contributed by atoms with E-state index < -0.39 is 0 Å². The molecular formula is C28H22ClN3O. The van der Waals surface area contributed by atoms with Gasteiger partial charge in [0.25, 0.3) is 0 Å². The molecule has 1 heterocycles. The summed E-state index contributed by atoms with van der Waals surface area (Å²) in [5, 5.41) is 8.26. The number of amides is 1. The Morgan fingerprint density at radius 3 is 2.45 bits per heavy atom. The Morgan fingerprint density at radius 1 is 0.879 bits per heavy atom. The molecule has 33 heavy (non-hydrogen) atoms. The van der Waals surface area contributed by atoms with E-state index in [0.29, 0.717) is 0 Å². The number of benzene rings is 4. The molecule has 0 unspecified atom stereocenters. The number of aromatic nitrogens is 1. The van der Waals surface area contributed by atoms with E-state index in [-0.39, 0.29) is 12.3 Å². The lowest BCUT2D eigenvalue weighted by atomic mass is 10.0. The summed E-state index contributed by atoms with van der Waals surface area (Å²) in [5.41, 5.74) is 6.88. The van der Waals surface area contributed by atoms with Gasteiger partial charge in [-0.25, -0.2) is 5.43 Å². The fraction of sp³-hybridized carbons (Fsp3) is 0.0714. The van der Waals surface area contributed by atoms with Gasteiger partial charge in [0, 0.05) is 34.2 Å². The van der Waals surface area contributed by atoms with Crippen LogP contribution in [0.1, 0.15) is 16.7 Å². The molecule has 0 aliphatic rings. The van der Waals surface area contributed by atoms with E-state index in [9.17, 15) is 4.79 Å². The lowest BCUT2D eigenvalue weighted by molar-refractivity contribution is -0.120. The van der Waals surface area contributed by atoms with Crippen LogP contribution in [0.3, 0.4) is 0 Å². The van der Waals surface area contributed by atoms with Crippen LogP contribution in [0.15, 0.2) is 102 Å². The topological polar surface area (TPSA) is 46.4 Å². The molecule has 0 aliphatic heterocycles. The molecule has 5 aromatic rings. The van der Waals surface area contributed by atoms with Gasteiger partial charge in [0.15, 0.2) is 0 Å². The van der Waals surface area contributed by atoms with E-state index in [1.165, 1.54) is 0 Å². The zero-order valence-corrected chi connectivity index (χ0v) is 18.7. The van der Waals surface area contributed by atoms with Crippen LogP contribution in [0.25, 0.3) is 21.7 Å². The van der Waals surface area contributed by atoms with Crippen molar-refractivity contribution in [2.24, 2.45) is 5.10 Å². The summed E-state index contributed by atoms with van der Waals surface area (Å²) >= 11 is 6.02. The zero-order chi connectivity index (χ0) is 22.6. The quantitative estimate of drug-likeness (QED) is 0.243. The number of carbonyl (C=O) groups is 1. The highest BCUT2D eigenvalue weighted by Crippen LogP contribution is 2.22. The Balaban J connectivity index is 1.33. The molecule has 0 fully saturated rings. The third kappa shape index (κ3) is 4.66. The molecule has 0 saturated carbocycles. The Labute approximate surface area is 197 Å². The van der Waals surface area contributed by atoms with Crippen molar-refractivity contribution in [1.29, 1.82) is 0 Å². The number of para-hydroxylation sites is 1. The van der Waals surface area contributed by atoms with Crippen molar-refractivity contribution < 1.29 is 4.79 Å². The van der Waals surface area contributed by atoms with Gasteiger partial charge in [-0.2, -0.15) is 5.10 Å². The second-order valence-corrected chi connectivity index (χ2v) is 8.40. The summed E-state index contributed by atoms with van der Waals surface area (Å²) in [7, 11) is 0. The van der Waals surface area contributed by atoms with Gasteiger partial charge in [0.2, 0.25) is 5.91 Å². The summed E-state index contributed by atoms with van der Waals surface area (Å²) in [6, 6.07) is 30.1. The van der Waals surface area contributed by atoms with Crippen LogP contribution in [-0.2, 0) is 17.8 Å². The number of nitrogens with zero attached hydrogens (tertiary/aromatic N) is 2. The SMILES string of the molecule is O=C(Cc1cccc2ccccc12)NN=Cc1cn(Cc2ccc(Cl)cc2)c2ccccc12. The molecule has 0 bridgehead atoms. The van der Waals surface area contributed by atoms with Crippen molar-refractivity contribution in [3.8, 4) is 0 Å². The van der Waals surface area contributed by atoms with Crippen molar-refractivity contribution in [3.63, 3.8) is 0 Å². The maximum atomic E-state index is 12.5. The predicted octanol–water partition coefficient (Wildman–Crippen LogP) is 6.19. The smallest absolute Gasteiger partial charge is 0.244 e. The van der Waals surface area contributed by atoms with E-state index in [2.05, 4.69) is 45.6 Å². The van der Waals surface area contributed by atoms with Gasteiger partial charge in [-0.15, -0.1) is 0 Å². The summed E-state index contributed by atoms with van der Waals surface area (Å²) in [4.78, 5) is 12.5. The molecule has 0 spiro atoms. The molecule has 0 saturated heterocycles. The van der Waals surface area contributed by atoms with Gasteiger partial charge in [-0.05, 0) is 40.1 Å². The maximum absolute atomic E-state index is 12.5. The first-order valence-electron chi connectivity index (χ1n) is 10.8. The lowest BCUT2D eigenvalue weighted by Crippen LogP contribution is -2.19. The minimum Gasteiger partial charge on any atom is -0.342 e. The number of fused-ring (bicyclic) bond motifs is 2. The van der Waals surface area contributed by atoms with Gasteiger partial charge in [0.1, 0.15) is 0 Å². The van der Waals surface area contributed by atoms with Gasteiger partial charge in [0.05, 0.1) is 12.6 Å². The first-order chi connectivity index (χ1) is 16.2. The van der Waals surface area contributed by atoms with E-state index in [1.807, 2.05) is 66.7 Å². The zero-order valence-electron chi connectivity index (χ0n) is 17.9. The molecule has 0 radical (unpaired) electrons. The molecule has 4 aromatic carbocycles. The Kier molecular flexibility index (Phi) is 5.92. The molecule has 1 aromatic heterocycles.